The number of aromatic nitrogens is 1. The molecule has 0 spiro atoms. The minimum absolute atomic E-state index is 0.0723. The van der Waals surface area contributed by atoms with E-state index in [4.69, 9.17) is 0 Å². The highest BCUT2D eigenvalue weighted by atomic mass is 32.1. The molecule has 0 saturated heterocycles. The van der Waals surface area contributed by atoms with Crippen LogP contribution in [0.4, 0.5) is 0 Å². The zero-order valence-electron chi connectivity index (χ0n) is 6.42. The van der Waals surface area contributed by atoms with Crippen LogP contribution in [-0.4, -0.2) is 4.57 Å². The maximum Gasteiger partial charge on any atom is 0.307 e. The van der Waals surface area contributed by atoms with E-state index in [0.29, 0.717) is 0 Å². The zero-order chi connectivity index (χ0) is 7.78. The quantitative estimate of drug-likeness (QED) is 0.561. The Morgan fingerprint density at radius 3 is 2.30 bits per heavy atom. The average Bonchev–Trinajstić information content (AvgIpc) is 2.11. The zero-order valence-corrected chi connectivity index (χ0v) is 7.23. The number of hydrogen-bond donors (Lipinski definition) is 0. The van der Waals surface area contributed by atoms with Crippen LogP contribution in [0.3, 0.4) is 0 Å². The van der Waals surface area contributed by atoms with Crippen molar-refractivity contribution in [3.8, 4) is 0 Å². The number of thiazole rings is 1. The third-order valence-electron chi connectivity index (χ3n) is 1.30. The highest BCUT2D eigenvalue weighted by molar-refractivity contribution is 7.07. The van der Waals surface area contributed by atoms with E-state index in [1.807, 2.05) is 32.3 Å². The van der Waals surface area contributed by atoms with Gasteiger partial charge in [0.25, 0.3) is 0 Å². The van der Waals surface area contributed by atoms with Gasteiger partial charge in [0.2, 0.25) is 0 Å². The van der Waals surface area contributed by atoms with E-state index < -0.39 is 0 Å². The monoisotopic (exact) mass is 157 g/mol. The molecule has 0 bridgehead atoms. The number of nitrogens with zero attached hydrogens (tertiary/aromatic N) is 1. The molecule has 0 aromatic carbocycles. The Morgan fingerprint density at radius 1 is 1.50 bits per heavy atom. The highest BCUT2D eigenvalue weighted by Gasteiger charge is 2.13. The molecule has 0 amide bonds. The van der Waals surface area contributed by atoms with Crippen LogP contribution in [0.5, 0.6) is 0 Å². The van der Waals surface area contributed by atoms with Crippen LogP contribution >= 0.6 is 11.3 Å². The van der Waals surface area contributed by atoms with Crippen molar-refractivity contribution in [1.29, 1.82) is 0 Å². The van der Waals surface area contributed by atoms with Crippen molar-refractivity contribution in [2.24, 2.45) is 0 Å². The van der Waals surface area contributed by atoms with Crippen LogP contribution < -0.4 is 4.87 Å². The first-order valence-corrected chi connectivity index (χ1v) is 4.06. The van der Waals surface area contributed by atoms with Crippen molar-refractivity contribution in [1.82, 2.24) is 4.57 Å². The maximum absolute atomic E-state index is 11.0. The normalized spacial score (nSPS) is 11.9. The fourth-order valence-corrected chi connectivity index (χ4v) is 1.51. The second-order valence-electron chi connectivity index (χ2n) is 3.21. The lowest BCUT2D eigenvalue weighted by Gasteiger charge is -2.18. The SMILES string of the molecule is CC(C)(C)n1ccsc1=O. The molecule has 0 aliphatic heterocycles. The molecule has 0 aliphatic rings. The van der Waals surface area contributed by atoms with Gasteiger partial charge in [0.15, 0.2) is 0 Å². The maximum atomic E-state index is 11.0. The van der Waals surface area contributed by atoms with Gasteiger partial charge >= 0.3 is 4.87 Å². The smallest absolute Gasteiger partial charge is 0.301 e. The van der Waals surface area contributed by atoms with E-state index in [1.165, 1.54) is 11.3 Å². The highest BCUT2D eigenvalue weighted by Crippen LogP contribution is 2.10. The lowest BCUT2D eigenvalue weighted by Crippen LogP contribution is -2.29. The molecule has 1 heterocycles. The van der Waals surface area contributed by atoms with Gasteiger partial charge in [-0.2, -0.15) is 0 Å². The van der Waals surface area contributed by atoms with Gasteiger partial charge in [-0.05, 0) is 20.8 Å². The molecule has 3 heteroatoms. The third kappa shape index (κ3) is 1.29. The van der Waals surface area contributed by atoms with Crippen LogP contribution in [-0.2, 0) is 5.54 Å². The first kappa shape index (κ1) is 7.54. The van der Waals surface area contributed by atoms with E-state index in [0.717, 1.165) is 0 Å². The molecule has 0 aliphatic carbocycles. The summed E-state index contributed by atoms with van der Waals surface area (Å²) in [6.07, 6.45) is 1.83. The van der Waals surface area contributed by atoms with Gasteiger partial charge in [0.05, 0.1) is 0 Å². The molecule has 1 rings (SSSR count). The van der Waals surface area contributed by atoms with Gasteiger partial charge in [-0.15, -0.1) is 0 Å². The first-order valence-electron chi connectivity index (χ1n) is 3.18. The Morgan fingerprint density at radius 2 is 2.10 bits per heavy atom. The molecule has 0 unspecified atom stereocenters. The van der Waals surface area contributed by atoms with Gasteiger partial charge in [0, 0.05) is 17.1 Å². The summed E-state index contributed by atoms with van der Waals surface area (Å²) in [5.41, 5.74) is -0.0723. The van der Waals surface area contributed by atoms with Crippen LogP contribution in [0.2, 0.25) is 0 Å². The van der Waals surface area contributed by atoms with Gasteiger partial charge in [-0.3, -0.25) is 4.79 Å². The van der Waals surface area contributed by atoms with Gasteiger partial charge in [0.1, 0.15) is 0 Å². The predicted octanol–water partition coefficient (Wildman–Crippen LogP) is 1.66. The van der Waals surface area contributed by atoms with Crippen molar-refractivity contribution in [3.05, 3.63) is 21.2 Å². The summed E-state index contributed by atoms with van der Waals surface area (Å²) in [7, 11) is 0. The lowest BCUT2D eigenvalue weighted by molar-refractivity contribution is 0.391. The minimum Gasteiger partial charge on any atom is -0.301 e. The standard InChI is InChI=1S/C7H11NOS/c1-7(2,3)8-4-5-10-6(8)9/h4-5H,1-3H3. The van der Waals surface area contributed by atoms with Crippen LogP contribution in [0.15, 0.2) is 16.4 Å². The van der Waals surface area contributed by atoms with E-state index in [-0.39, 0.29) is 10.4 Å². The predicted molar refractivity (Wildman–Crippen MR) is 43.6 cm³/mol. The first-order chi connectivity index (χ1) is 4.52. The molecule has 2 nitrogen and oxygen atoms in total. The van der Waals surface area contributed by atoms with Crippen LogP contribution in [0.1, 0.15) is 20.8 Å². The molecular formula is C7H11NOS. The Balaban J connectivity index is 3.18. The van der Waals surface area contributed by atoms with E-state index >= 15 is 0 Å². The van der Waals surface area contributed by atoms with Gasteiger partial charge in [-0.1, -0.05) is 11.3 Å². The Bertz CT molecular complexity index is 266. The molecule has 0 atom stereocenters. The summed E-state index contributed by atoms with van der Waals surface area (Å²) >= 11 is 1.24. The Labute approximate surface area is 64.1 Å². The van der Waals surface area contributed by atoms with Crippen molar-refractivity contribution in [2.45, 2.75) is 26.3 Å². The van der Waals surface area contributed by atoms with E-state index in [9.17, 15) is 4.79 Å². The Hall–Kier alpha value is -0.570. The van der Waals surface area contributed by atoms with Crippen molar-refractivity contribution in [2.75, 3.05) is 0 Å². The minimum atomic E-state index is -0.0723. The summed E-state index contributed by atoms with van der Waals surface area (Å²) in [5.74, 6) is 0. The molecule has 0 fully saturated rings. The molecule has 1 aromatic heterocycles. The lowest BCUT2D eigenvalue weighted by atomic mass is 10.1. The van der Waals surface area contributed by atoms with Gasteiger partial charge in [-0.25, -0.2) is 0 Å². The van der Waals surface area contributed by atoms with Crippen molar-refractivity contribution in [3.63, 3.8) is 0 Å². The van der Waals surface area contributed by atoms with Crippen molar-refractivity contribution >= 4 is 11.3 Å². The summed E-state index contributed by atoms with van der Waals surface area (Å²) in [4.78, 5) is 11.2. The van der Waals surface area contributed by atoms with E-state index in [2.05, 4.69) is 0 Å². The number of hydrogen-bond acceptors (Lipinski definition) is 2. The summed E-state index contributed by atoms with van der Waals surface area (Å²) < 4.78 is 1.73. The largest absolute Gasteiger partial charge is 0.307 e. The molecule has 0 saturated carbocycles. The van der Waals surface area contributed by atoms with Crippen LogP contribution in [0.25, 0.3) is 0 Å². The third-order valence-corrected chi connectivity index (χ3v) is 1.95. The fraction of sp³-hybridized carbons (Fsp3) is 0.571. The second-order valence-corrected chi connectivity index (χ2v) is 4.07. The molecule has 56 valence electrons. The molecule has 0 N–H and O–H groups in total. The Kier molecular flexibility index (Phi) is 1.68. The molecule has 0 radical (unpaired) electrons. The summed E-state index contributed by atoms with van der Waals surface area (Å²) in [6.45, 7) is 6.04. The molecular weight excluding hydrogens is 146 g/mol. The van der Waals surface area contributed by atoms with E-state index in [1.54, 1.807) is 4.57 Å². The summed E-state index contributed by atoms with van der Waals surface area (Å²) in [5, 5.41) is 1.81. The van der Waals surface area contributed by atoms with Crippen molar-refractivity contribution < 1.29 is 0 Å². The molecule has 10 heavy (non-hydrogen) atoms. The molecule has 1 aromatic rings. The van der Waals surface area contributed by atoms with Gasteiger partial charge < -0.3 is 4.57 Å². The fourth-order valence-electron chi connectivity index (χ4n) is 0.765. The number of rotatable bonds is 0. The average molecular weight is 157 g/mol. The van der Waals surface area contributed by atoms with Crippen LogP contribution in [0, 0.1) is 0 Å². The topological polar surface area (TPSA) is 22.0 Å². The second kappa shape index (κ2) is 2.23. The summed E-state index contributed by atoms with van der Waals surface area (Å²) in [6, 6.07) is 0.